The lowest BCUT2D eigenvalue weighted by Gasteiger charge is -2.11. The maximum Gasteiger partial charge on any atom is 0.257 e. The number of thioether (sulfide) groups is 1. The number of carbonyl (C=O) groups is 2. The topological polar surface area (TPSA) is 101 Å². The molecule has 2 aromatic carbocycles. The van der Waals surface area contributed by atoms with Crippen LogP contribution < -0.4 is 10.6 Å². The van der Waals surface area contributed by atoms with Gasteiger partial charge >= 0.3 is 0 Å². The number of hydrogen-bond donors (Lipinski definition) is 2. The summed E-state index contributed by atoms with van der Waals surface area (Å²) in [6, 6.07) is 14.0. The second-order valence-electron chi connectivity index (χ2n) is 6.99. The predicted octanol–water partition coefficient (Wildman–Crippen LogP) is 3.86. The molecule has 10 heteroatoms. The van der Waals surface area contributed by atoms with Crippen LogP contribution in [-0.4, -0.2) is 37.1 Å². The van der Waals surface area contributed by atoms with Gasteiger partial charge in [0.25, 0.3) is 11.7 Å². The van der Waals surface area contributed by atoms with Crippen LogP contribution >= 0.6 is 11.8 Å². The van der Waals surface area contributed by atoms with E-state index < -0.39 is 11.7 Å². The fourth-order valence-electron chi connectivity index (χ4n) is 3.05. The molecule has 0 spiro atoms. The van der Waals surface area contributed by atoms with E-state index >= 15 is 0 Å². The molecule has 0 aliphatic carbocycles. The lowest BCUT2D eigenvalue weighted by molar-refractivity contribution is -0.113. The van der Waals surface area contributed by atoms with Crippen LogP contribution in [-0.2, 0) is 4.79 Å². The SMILES string of the molecule is Cc1cc(C)n2nc(SCC(=O)Nc3ccccc3C(=O)Nc3ccc(F)cc3)nc2n1. The van der Waals surface area contributed by atoms with Gasteiger partial charge in [0.1, 0.15) is 5.82 Å². The van der Waals surface area contributed by atoms with Crippen molar-refractivity contribution >= 4 is 40.7 Å². The van der Waals surface area contributed by atoms with Crippen molar-refractivity contribution in [3.8, 4) is 0 Å². The largest absolute Gasteiger partial charge is 0.325 e. The zero-order valence-electron chi connectivity index (χ0n) is 17.3. The van der Waals surface area contributed by atoms with Gasteiger partial charge in [0, 0.05) is 17.1 Å². The minimum Gasteiger partial charge on any atom is -0.325 e. The first-order chi connectivity index (χ1) is 15.4. The van der Waals surface area contributed by atoms with E-state index in [2.05, 4.69) is 25.7 Å². The van der Waals surface area contributed by atoms with Gasteiger partial charge in [-0.05, 0) is 56.3 Å². The molecule has 4 aromatic rings. The Morgan fingerprint density at radius 3 is 2.56 bits per heavy atom. The van der Waals surface area contributed by atoms with Crippen molar-refractivity contribution in [2.45, 2.75) is 19.0 Å². The summed E-state index contributed by atoms with van der Waals surface area (Å²) in [5.41, 5.74) is 2.85. The first-order valence-electron chi connectivity index (χ1n) is 9.68. The Morgan fingerprint density at radius 1 is 1.03 bits per heavy atom. The van der Waals surface area contributed by atoms with Gasteiger partial charge in [-0.1, -0.05) is 23.9 Å². The van der Waals surface area contributed by atoms with Crippen LogP contribution in [0.2, 0.25) is 0 Å². The van der Waals surface area contributed by atoms with E-state index in [4.69, 9.17) is 0 Å². The minimum atomic E-state index is -0.418. The molecular formula is C22H19FN6O2S. The number of para-hydroxylation sites is 1. The highest BCUT2D eigenvalue weighted by Crippen LogP contribution is 2.20. The van der Waals surface area contributed by atoms with Crippen molar-refractivity contribution < 1.29 is 14.0 Å². The molecule has 162 valence electrons. The quantitative estimate of drug-likeness (QED) is 0.433. The molecule has 2 aromatic heterocycles. The number of amides is 2. The van der Waals surface area contributed by atoms with Crippen LogP contribution in [0.5, 0.6) is 0 Å². The molecule has 32 heavy (non-hydrogen) atoms. The molecule has 8 nitrogen and oxygen atoms in total. The van der Waals surface area contributed by atoms with E-state index in [1.54, 1.807) is 28.8 Å². The van der Waals surface area contributed by atoms with E-state index in [0.29, 0.717) is 22.3 Å². The second-order valence-corrected chi connectivity index (χ2v) is 7.93. The third-order valence-corrected chi connectivity index (χ3v) is 5.32. The fourth-order valence-corrected chi connectivity index (χ4v) is 3.67. The average molecular weight is 450 g/mol. The molecule has 0 bridgehead atoms. The number of aryl methyl sites for hydroxylation is 2. The molecule has 0 unspecified atom stereocenters. The van der Waals surface area contributed by atoms with Crippen molar-refractivity contribution in [1.82, 2.24) is 19.6 Å². The van der Waals surface area contributed by atoms with Crippen LogP contribution in [0.3, 0.4) is 0 Å². The number of anilines is 2. The highest BCUT2D eigenvalue weighted by atomic mass is 32.2. The standard InChI is InChI=1S/C22H19FN6O2S/c1-13-11-14(2)29-21(24-13)27-22(28-29)32-12-19(30)26-18-6-4-3-5-17(18)20(31)25-16-9-7-15(23)8-10-16/h3-11H,12H2,1-2H3,(H,25,31)(H,26,30). The van der Waals surface area contributed by atoms with E-state index in [-0.39, 0.29) is 17.2 Å². The number of benzene rings is 2. The summed E-state index contributed by atoms with van der Waals surface area (Å²) >= 11 is 1.18. The number of nitrogens with zero attached hydrogens (tertiary/aromatic N) is 4. The molecule has 2 heterocycles. The Bertz CT molecular complexity index is 1310. The Morgan fingerprint density at radius 2 is 1.78 bits per heavy atom. The van der Waals surface area contributed by atoms with Crippen molar-refractivity contribution in [2.75, 3.05) is 16.4 Å². The normalized spacial score (nSPS) is 10.8. The van der Waals surface area contributed by atoms with Gasteiger partial charge in [0.15, 0.2) is 0 Å². The third kappa shape index (κ3) is 4.92. The summed E-state index contributed by atoms with van der Waals surface area (Å²) in [7, 11) is 0. The van der Waals surface area contributed by atoms with Crippen molar-refractivity contribution in [1.29, 1.82) is 0 Å². The highest BCUT2D eigenvalue weighted by Gasteiger charge is 2.15. The number of nitrogens with one attached hydrogen (secondary N) is 2. The number of fused-ring (bicyclic) bond motifs is 1. The Kier molecular flexibility index (Phi) is 6.13. The van der Waals surface area contributed by atoms with Gasteiger partial charge in [-0.3, -0.25) is 9.59 Å². The van der Waals surface area contributed by atoms with E-state index in [9.17, 15) is 14.0 Å². The molecule has 2 amide bonds. The van der Waals surface area contributed by atoms with Gasteiger partial charge in [-0.15, -0.1) is 5.10 Å². The predicted molar refractivity (Wildman–Crippen MR) is 120 cm³/mol. The van der Waals surface area contributed by atoms with Gasteiger partial charge in [-0.2, -0.15) is 4.98 Å². The zero-order chi connectivity index (χ0) is 22.7. The number of aromatic nitrogens is 4. The molecule has 0 fully saturated rings. The summed E-state index contributed by atoms with van der Waals surface area (Å²) < 4.78 is 14.7. The van der Waals surface area contributed by atoms with Gasteiger partial charge in [-0.25, -0.2) is 13.9 Å². The number of hydrogen-bond acceptors (Lipinski definition) is 6. The summed E-state index contributed by atoms with van der Waals surface area (Å²) in [4.78, 5) is 33.8. The lowest BCUT2D eigenvalue weighted by atomic mass is 10.1. The summed E-state index contributed by atoms with van der Waals surface area (Å²) in [5.74, 6) is -0.582. The Hall–Kier alpha value is -3.79. The monoisotopic (exact) mass is 450 g/mol. The summed E-state index contributed by atoms with van der Waals surface area (Å²) in [6.07, 6.45) is 0. The van der Waals surface area contributed by atoms with Crippen LogP contribution in [0, 0.1) is 19.7 Å². The van der Waals surface area contributed by atoms with Crippen LogP contribution in [0.4, 0.5) is 15.8 Å². The van der Waals surface area contributed by atoms with Crippen molar-refractivity contribution in [3.63, 3.8) is 0 Å². The Balaban J connectivity index is 1.42. The van der Waals surface area contributed by atoms with Gasteiger partial charge in [0.05, 0.1) is 17.0 Å². The molecule has 0 aliphatic heterocycles. The molecular weight excluding hydrogens is 431 g/mol. The maximum absolute atomic E-state index is 13.1. The van der Waals surface area contributed by atoms with E-state index in [0.717, 1.165) is 11.4 Å². The number of halogens is 1. The van der Waals surface area contributed by atoms with Gasteiger partial charge < -0.3 is 10.6 Å². The molecule has 4 rings (SSSR count). The highest BCUT2D eigenvalue weighted by molar-refractivity contribution is 7.99. The molecule has 0 saturated heterocycles. The smallest absolute Gasteiger partial charge is 0.257 e. The summed E-state index contributed by atoms with van der Waals surface area (Å²) in [5, 5.41) is 10.2. The molecule has 0 aliphatic rings. The maximum atomic E-state index is 13.1. The first kappa shape index (κ1) is 21.4. The minimum absolute atomic E-state index is 0.0584. The van der Waals surface area contributed by atoms with Crippen LogP contribution in [0.25, 0.3) is 5.78 Å². The molecule has 0 radical (unpaired) electrons. The summed E-state index contributed by atoms with van der Waals surface area (Å²) in [6.45, 7) is 3.79. The average Bonchev–Trinajstić information content (AvgIpc) is 3.17. The molecule has 2 N–H and O–H groups in total. The number of rotatable bonds is 6. The van der Waals surface area contributed by atoms with Crippen molar-refractivity contribution in [3.05, 3.63) is 77.4 Å². The van der Waals surface area contributed by atoms with Crippen LogP contribution in [0.15, 0.2) is 59.8 Å². The van der Waals surface area contributed by atoms with Gasteiger partial charge in [0.2, 0.25) is 11.1 Å². The lowest BCUT2D eigenvalue weighted by Crippen LogP contribution is -2.19. The first-order valence-corrected chi connectivity index (χ1v) is 10.7. The number of carbonyl (C=O) groups excluding carboxylic acids is 2. The van der Waals surface area contributed by atoms with Crippen LogP contribution in [0.1, 0.15) is 21.7 Å². The zero-order valence-corrected chi connectivity index (χ0v) is 18.1. The second kappa shape index (κ2) is 9.15. The fraction of sp³-hybridized carbons (Fsp3) is 0.136. The van der Waals surface area contributed by atoms with E-state index in [1.807, 2.05) is 19.9 Å². The van der Waals surface area contributed by atoms with E-state index in [1.165, 1.54) is 36.0 Å². The van der Waals surface area contributed by atoms with Crippen molar-refractivity contribution in [2.24, 2.45) is 0 Å². The Labute approximate surface area is 187 Å². The third-order valence-electron chi connectivity index (χ3n) is 4.48. The molecule has 0 atom stereocenters. The molecule has 0 saturated carbocycles.